The molecule has 0 spiro atoms. The third kappa shape index (κ3) is 5.39. The number of aryl methyl sites for hydroxylation is 1. The van der Waals surface area contributed by atoms with Crippen LogP contribution in [0.3, 0.4) is 0 Å². The maximum absolute atomic E-state index is 2.34. The van der Waals surface area contributed by atoms with Gasteiger partial charge in [0.25, 0.3) is 0 Å². The van der Waals surface area contributed by atoms with Crippen molar-refractivity contribution in [1.82, 2.24) is 0 Å². The van der Waals surface area contributed by atoms with Gasteiger partial charge in [-0.3, -0.25) is 0 Å². The average Bonchev–Trinajstić information content (AvgIpc) is 3.08. The molecular weight excluding hydrogens is 520 g/mol. The normalized spacial score (nSPS) is 10.9. The van der Waals surface area contributed by atoms with Gasteiger partial charge in [0.1, 0.15) is 0 Å². The van der Waals surface area contributed by atoms with Gasteiger partial charge in [0.2, 0.25) is 0 Å². The molecule has 7 aromatic carbocycles. The van der Waals surface area contributed by atoms with E-state index in [1.54, 1.807) is 0 Å². The molecule has 0 saturated heterocycles. The van der Waals surface area contributed by atoms with Crippen molar-refractivity contribution in [3.63, 3.8) is 0 Å². The third-order valence-electron chi connectivity index (χ3n) is 7.91. The quantitative estimate of drug-likeness (QED) is 0.194. The van der Waals surface area contributed by atoms with Gasteiger partial charge >= 0.3 is 0 Å². The summed E-state index contributed by atoms with van der Waals surface area (Å²) in [5.74, 6) is 0. The van der Waals surface area contributed by atoms with Gasteiger partial charge in [0.15, 0.2) is 0 Å². The molecule has 0 fully saturated rings. The van der Waals surface area contributed by atoms with Gasteiger partial charge in [-0.2, -0.15) is 0 Å². The standard InChI is InChI=1S/C41H32N2/c1-31-19-21-32(22-20-31)33-23-25-37(26-24-33)42(35-13-4-2-5-14-35)38-27-29-39(30-28-38)43(36-15-6-3-7-16-36)41-18-10-12-34-11-8-9-17-40(34)41/h2-30H,1H3. The van der Waals surface area contributed by atoms with Crippen molar-refractivity contribution >= 4 is 44.9 Å². The number of rotatable bonds is 7. The molecule has 7 rings (SSSR count). The van der Waals surface area contributed by atoms with Crippen LogP contribution in [0.15, 0.2) is 176 Å². The third-order valence-corrected chi connectivity index (χ3v) is 7.91. The van der Waals surface area contributed by atoms with Gasteiger partial charge in [-0.05, 0) is 90.2 Å². The summed E-state index contributed by atoms with van der Waals surface area (Å²) < 4.78 is 0. The first-order valence-corrected chi connectivity index (χ1v) is 14.7. The molecule has 0 aliphatic rings. The Morgan fingerprint density at radius 3 is 1.35 bits per heavy atom. The first kappa shape index (κ1) is 26.3. The number of nitrogens with zero attached hydrogens (tertiary/aromatic N) is 2. The minimum Gasteiger partial charge on any atom is -0.311 e. The smallest absolute Gasteiger partial charge is 0.0540 e. The summed E-state index contributed by atoms with van der Waals surface area (Å²) in [6, 6.07) is 62.7. The Morgan fingerprint density at radius 1 is 0.326 bits per heavy atom. The summed E-state index contributed by atoms with van der Waals surface area (Å²) in [5.41, 5.74) is 10.4. The Kier molecular flexibility index (Phi) is 7.17. The lowest BCUT2D eigenvalue weighted by molar-refractivity contribution is 1.26. The molecule has 0 amide bonds. The minimum absolute atomic E-state index is 1.10. The van der Waals surface area contributed by atoms with Crippen molar-refractivity contribution in [2.45, 2.75) is 6.92 Å². The second-order valence-corrected chi connectivity index (χ2v) is 10.8. The van der Waals surface area contributed by atoms with E-state index in [1.807, 2.05) is 0 Å². The van der Waals surface area contributed by atoms with Crippen LogP contribution >= 0.6 is 0 Å². The lowest BCUT2D eigenvalue weighted by Crippen LogP contribution is -2.12. The van der Waals surface area contributed by atoms with E-state index < -0.39 is 0 Å². The number of fused-ring (bicyclic) bond motifs is 1. The Hall–Kier alpha value is -5.60. The van der Waals surface area contributed by atoms with Crippen LogP contribution in [0.5, 0.6) is 0 Å². The molecule has 0 saturated carbocycles. The predicted molar refractivity (Wildman–Crippen MR) is 183 cm³/mol. The molecule has 0 bridgehead atoms. The fourth-order valence-corrected chi connectivity index (χ4v) is 5.73. The van der Waals surface area contributed by atoms with Crippen LogP contribution in [0.1, 0.15) is 5.56 Å². The minimum atomic E-state index is 1.10. The fraction of sp³-hybridized carbons (Fsp3) is 0.0244. The zero-order valence-electron chi connectivity index (χ0n) is 24.1. The topological polar surface area (TPSA) is 6.48 Å². The molecule has 0 aliphatic carbocycles. The van der Waals surface area contributed by atoms with E-state index in [-0.39, 0.29) is 0 Å². The zero-order valence-corrected chi connectivity index (χ0v) is 24.1. The number of para-hydroxylation sites is 2. The first-order chi connectivity index (χ1) is 21.2. The number of anilines is 6. The van der Waals surface area contributed by atoms with Gasteiger partial charge in [-0.1, -0.05) is 115 Å². The van der Waals surface area contributed by atoms with E-state index >= 15 is 0 Å². The Bertz CT molecular complexity index is 1940. The molecule has 0 N–H and O–H groups in total. The second-order valence-electron chi connectivity index (χ2n) is 10.8. The lowest BCUT2D eigenvalue weighted by atomic mass is 10.0. The highest BCUT2D eigenvalue weighted by atomic mass is 15.2. The largest absolute Gasteiger partial charge is 0.311 e. The van der Waals surface area contributed by atoms with Gasteiger partial charge in [0.05, 0.1) is 5.69 Å². The van der Waals surface area contributed by atoms with Crippen LogP contribution in [0, 0.1) is 6.92 Å². The number of hydrogen-bond donors (Lipinski definition) is 0. The highest BCUT2D eigenvalue weighted by Crippen LogP contribution is 2.41. The Balaban J connectivity index is 1.29. The number of benzene rings is 7. The summed E-state index contributed by atoms with van der Waals surface area (Å²) in [5, 5.41) is 2.44. The van der Waals surface area contributed by atoms with Crippen LogP contribution in [-0.2, 0) is 0 Å². The monoisotopic (exact) mass is 552 g/mol. The maximum atomic E-state index is 2.34. The van der Waals surface area contributed by atoms with Crippen molar-refractivity contribution < 1.29 is 0 Å². The van der Waals surface area contributed by atoms with Gasteiger partial charge in [-0.15, -0.1) is 0 Å². The first-order valence-electron chi connectivity index (χ1n) is 14.7. The summed E-state index contributed by atoms with van der Waals surface area (Å²) in [4.78, 5) is 4.66. The Morgan fingerprint density at radius 2 is 0.744 bits per heavy atom. The van der Waals surface area contributed by atoms with E-state index in [4.69, 9.17) is 0 Å². The fourth-order valence-electron chi connectivity index (χ4n) is 5.73. The second kappa shape index (κ2) is 11.7. The molecule has 2 heteroatoms. The predicted octanol–water partition coefficient (Wildman–Crippen LogP) is 11.8. The maximum Gasteiger partial charge on any atom is 0.0540 e. The van der Waals surface area contributed by atoms with Crippen molar-refractivity contribution in [3.05, 3.63) is 181 Å². The summed E-state index contributed by atoms with van der Waals surface area (Å²) >= 11 is 0. The number of hydrogen-bond acceptors (Lipinski definition) is 2. The van der Waals surface area contributed by atoms with E-state index in [1.165, 1.54) is 27.5 Å². The van der Waals surface area contributed by atoms with E-state index in [0.717, 1.165) is 34.1 Å². The summed E-state index contributed by atoms with van der Waals surface area (Å²) in [6.07, 6.45) is 0. The van der Waals surface area contributed by atoms with E-state index in [0.29, 0.717) is 0 Å². The molecule has 43 heavy (non-hydrogen) atoms. The molecule has 0 aromatic heterocycles. The van der Waals surface area contributed by atoms with Crippen molar-refractivity contribution in [1.29, 1.82) is 0 Å². The van der Waals surface area contributed by atoms with E-state index in [2.05, 4.69) is 193 Å². The highest BCUT2D eigenvalue weighted by molar-refractivity contribution is 5.99. The van der Waals surface area contributed by atoms with Crippen LogP contribution in [0.4, 0.5) is 34.1 Å². The van der Waals surface area contributed by atoms with Gasteiger partial charge in [0, 0.05) is 33.8 Å². The molecule has 0 radical (unpaired) electrons. The van der Waals surface area contributed by atoms with Crippen LogP contribution in [0.2, 0.25) is 0 Å². The molecule has 0 aliphatic heterocycles. The van der Waals surface area contributed by atoms with Crippen molar-refractivity contribution in [3.8, 4) is 11.1 Å². The zero-order chi connectivity index (χ0) is 29.0. The molecule has 2 nitrogen and oxygen atoms in total. The molecule has 0 atom stereocenters. The summed E-state index contributed by atoms with van der Waals surface area (Å²) in [6.45, 7) is 2.12. The van der Waals surface area contributed by atoms with Gasteiger partial charge < -0.3 is 9.80 Å². The average molecular weight is 553 g/mol. The molecule has 206 valence electrons. The lowest BCUT2D eigenvalue weighted by Gasteiger charge is -2.29. The van der Waals surface area contributed by atoms with Crippen molar-refractivity contribution in [2.75, 3.05) is 9.80 Å². The molecule has 0 heterocycles. The Labute approximate surface area is 253 Å². The van der Waals surface area contributed by atoms with Crippen LogP contribution in [0.25, 0.3) is 21.9 Å². The van der Waals surface area contributed by atoms with Crippen LogP contribution < -0.4 is 9.80 Å². The van der Waals surface area contributed by atoms with Crippen molar-refractivity contribution in [2.24, 2.45) is 0 Å². The summed E-state index contributed by atoms with van der Waals surface area (Å²) in [7, 11) is 0. The molecule has 7 aromatic rings. The van der Waals surface area contributed by atoms with E-state index in [9.17, 15) is 0 Å². The molecule has 0 unspecified atom stereocenters. The molecular formula is C41H32N2. The van der Waals surface area contributed by atoms with Gasteiger partial charge in [-0.25, -0.2) is 0 Å². The highest BCUT2D eigenvalue weighted by Gasteiger charge is 2.17. The van der Waals surface area contributed by atoms with Crippen LogP contribution in [-0.4, -0.2) is 0 Å². The SMILES string of the molecule is Cc1ccc(-c2ccc(N(c3ccccc3)c3ccc(N(c4ccccc4)c4cccc5ccccc45)cc3)cc2)cc1.